The molecule has 0 amide bonds. The number of carbonyl (C=O) groups is 2. The Hall–Kier alpha value is -2.71. The zero-order valence-corrected chi connectivity index (χ0v) is 35.0. The van der Waals surface area contributed by atoms with Crippen LogP contribution in [0.25, 0.3) is 0 Å². The van der Waals surface area contributed by atoms with Crippen molar-refractivity contribution >= 4 is 28.4 Å². The molecule has 0 saturated heterocycles. The Morgan fingerprint density at radius 2 is 1.37 bits per heavy atom. The molecular weight excluding hydrogens is 677 g/mol. The Balaban J connectivity index is 2.10. The van der Waals surface area contributed by atoms with Gasteiger partial charge in [0.25, 0.3) is 5.79 Å². The molecule has 8 nitrogen and oxygen atoms in total. The van der Waals surface area contributed by atoms with Crippen LogP contribution in [0, 0.1) is 5.92 Å². The number of ketones is 1. The van der Waals surface area contributed by atoms with Gasteiger partial charge in [-0.25, -0.2) is 0 Å². The summed E-state index contributed by atoms with van der Waals surface area (Å²) in [7, 11) is -4.82. The number of hydrogen-bond donors (Lipinski definition) is 0. The maximum absolute atomic E-state index is 13.9. The van der Waals surface area contributed by atoms with Gasteiger partial charge in [0.15, 0.2) is 22.4 Å². The average Bonchev–Trinajstić information content (AvgIpc) is 3.05. The molecule has 0 N–H and O–H groups in total. The molecule has 1 aliphatic heterocycles. The van der Waals surface area contributed by atoms with Crippen LogP contribution in [0.2, 0.25) is 36.3 Å². The highest BCUT2D eigenvalue weighted by atomic mass is 28.4. The van der Waals surface area contributed by atoms with Gasteiger partial charge in [0, 0.05) is 12.8 Å². The predicted octanol–water partition coefficient (Wildman–Crippen LogP) is 9.18. The Morgan fingerprint density at radius 3 is 1.84 bits per heavy atom. The van der Waals surface area contributed by atoms with Crippen LogP contribution >= 0.6 is 0 Å². The lowest BCUT2D eigenvalue weighted by atomic mass is 9.87. The standard InChI is InChI=1S/C41H62O8Si2/c1-14-35(44-27-32-21-17-15-18-22-32)38(45-28-33-23-19-16-20-24-33)37(49-51(12,13)40(7,8)9)30(2)36-34(43)25-26-41(48-36,47-31(3)42)29-46-50(10,11)39(4,5)6/h14-26,30,35-38H,1,27-29H2,2-13H3/t30-,35+,36-,37+,38+,41?/m0/s1. The molecular formula is C41H62O8Si2. The molecule has 6 atom stereocenters. The van der Waals surface area contributed by atoms with Gasteiger partial charge in [-0.3, -0.25) is 9.59 Å². The summed E-state index contributed by atoms with van der Waals surface area (Å²) in [5.74, 6) is -2.98. The van der Waals surface area contributed by atoms with Gasteiger partial charge in [0.2, 0.25) is 0 Å². The molecule has 0 bridgehead atoms. The Labute approximate surface area is 309 Å². The number of carbonyl (C=O) groups excluding carboxylic acids is 2. The Kier molecular flexibility index (Phi) is 14.6. The summed E-state index contributed by atoms with van der Waals surface area (Å²) in [6, 6.07) is 19.8. The minimum absolute atomic E-state index is 0.0484. The summed E-state index contributed by atoms with van der Waals surface area (Å²) < 4.78 is 39.6. The molecule has 51 heavy (non-hydrogen) atoms. The minimum Gasteiger partial charge on any atom is -0.427 e. The van der Waals surface area contributed by atoms with Gasteiger partial charge in [-0.1, -0.05) is 115 Å². The highest BCUT2D eigenvalue weighted by Gasteiger charge is 2.51. The normalized spacial score (nSPS) is 21.1. The van der Waals surface area contributed by atoms with E-state index in [1.54, 1.807) is 6.08 Å². The van der Waals surface area contributed by atoms with Crippen LogP contribution in [0.4, 0.5) is 0 Å². The van der Waals surface area contributed by atoms with Crippen molar-refractivity contribution in [3.8, 4) is 0 Å². The molecule has 2 aromatic rings. The van der Waals surface area contributed by atoms with Crippen LogP contribution in [0.5, 0.6) is 0 Å². The van der Waals surface area contributed by atoms with E-state index in [2.05, 4.69) is 74.3 Å². The molecule has 2 aromatic carbocycles. The second kappa shape index (κ2) is 17.4. The van der Waals surface area contributed by atoms with Crippen LogP contribution in [0.3, 0.4) is 0 Å². The topological polar surface area (TPSA) is 89.5 Å². The van der Waals surface area contributed by atoms with Crippen molar-refractivity contribution in [1.82, 2.24) is 0 Å². The summed E-state index contributed by atoms with van der Waals surface area (Å²) in [5, 5.41) is -0.268. The van der Waals surface area contributed by atoms with Gasteiger partial charge in [-0.15, -0.1) is 6.58 Å². The molecule has 0 aromatic heterocycles. The first-order valence-corrected chi connectivity index (χ1v) is 23.8. The number of hydrogen-bond acceptors (Lipinski definition) is 8. The summed E-state index contributed by atoms with van der Waals surface area (Å²) in [6.07, 6.45) is 1.66. The molecule has 0 radical (unpaired) electrons. The quantitative estimate of drug-likeness (QED) is 0.0902. The van der Waals surface area contributed by atoms with Crippen molar-refractivity contribution in [3.63, 3.8) is 0 Å². The lowest BCUT2D eigenvalue weighted by Gasteiger charge is -2.47. The number of ether oxygens (including phenoxy) is 4. The first kappa shape index (κ1) is 42.7. The van der Waals surface area contributed by atoms with E-state index < -0.39 is 58.7 Å². The van der Waals surface area contributed by atoms with Crippen LogP contribution in [-0.4, -0.2) is 65.2 Å². The highest BCUT2D eigenvalue weighted by Crippen LogP contribution is 2.42. The molecule has 1 unspecified atom stereocenters. The van der Waals surface area contributed by atoms with Gasteiger partial charge < -0.3 is 27.8 Å². The zero-order chi connectivity index (χ0) is 38.3. The first-order chi connectivity index (χ1) is 23.6. The second-order valence-electron chi connectivity index (χ2n) is 16.7. The van der Waals surface area contributed by atoms with Gasteiger partial charge in [0.05, 0.1) is 19.3 Å². The molecule has 0 saturated carbocycles. The second-order valence-corrected chi connectivity index (χ2v) is 26.3. The largest absolute Gasteiger partial charge is 0.427 e. The lowest BCUT2D eigenvalue weighted by Crippen LogP contribution is -2.58. The highest BCUT2D eigenvalue weighted by molar-refractivity contribution is 6.74. The van der Waals surface area contributed by atoms with E-state index in [9.17, 15) is 9.59 Å². The van der Waals surface area contributed by atoms with E-state index in [1.165, 1.54) is 19.1 Å². The molecule has 1 heterocycles. The van der Waals surface area contributed by atoms with Crippen molar-refractivity contribution in [2.24, 2.45) is 5.92 Å². The molecule has 0 aliphatic carbocycles. The molecule has 0 fully saturated rings. The fraction of sp³-hybridized carbons (Fsp3) is 0.561. The van der Waals surface area contributed by atoms with E-state index in [-0.39, 0.29) is 29.1 Å². The number of esters is 1. The fourth-order valence-electron chi connectivity index (χ4n) is 5.26. The Bertz CT molecular complexity index is 1460. The average molecular weight is 739 g/mol. The predicted molar refractivity (Wildman–Crippen MR) is 208 cm³/mol. The summed E-state index contributed by atoms with van der Waals surface area (Å²) in [5.41, 5.74) is 1.99. The maximum atomic E-state index is 13.9. The van der Waals surface area contributed by atoms with E-state index in [0.29, 0.717) is 6.61 Å². The van der Waals surface area contributed by atoms with E-state index in [1.807, 2.05) is 67.6 Å². The van der Waals surface area contributed by atoms with E-state index >= 15 is 0 Å². The first-order valence-electron chi connectivity index (χ1n) is 18.0. The third-order valence-corrected chi connectivity index (χ3v) is 19.5. The smallest absolute Gasteiger partial charge is 0.305 e. The molecule has 3 rings (SSSR count). The number of benzene rings is 2. The third kappa shape index (κ3) is 11.6. The number of rotatable bonds is 17. The lowest BCUT2D eigenvalue weighted by molar-refractivity contribution is -0.248. The van der Waals surface area contributed by atoms with Crippen molar-refractivity contribution in [2.75, 3.05) is 6.61 Å². The molecule has 0 spiro atoms. The zero-order valence-electron chi connectivity index (χ0n) is 33.0. The summed E-state index contributed by atoms with van der Waals surface area (Å²) >= 11 is 0. The molecule has 10 heteroatoms. The minimum atomic E-state index is -2.52. The summed E-state index contributed by atoms with van der Waals surface area (Å²) in [6.45, 7) is 29.5. The maximum Gasteiger partial charge on any atom is 0.305 e. The monoisotopic (exact) mass is 738 g/mol. The van der Waals surface area contributed by atoms with Crippen LogP contribution in [-0.2, 0) is 50.6 Å². The van der Waals surface area contributed by atoms with Crippen LogP contribution in [0.15, 0.2) is 85.5 Å². The van der Waals surface area contributed by atoms with Crippen molar-refractivity contribution in [3.05, 3.63) is 96.6 Å². The van der Waals surface area contributed by atoms with Crippen LogP contribution in [0.1, 0.15) is 66.5 Å². The van der Waals surface area contributed by atoms with E-state index in [4.69, 9.17) is 27.8 Å². The van der Waals surface area contributed by atoms with Gasteiger partial charge in [-0.2, -0.15) is 0 Å². The fourth-order valence-corrected chi connectivity index (χ4v) is 7.64. The van der Waals surface area contributed by atoms with Crippen molar-refractivity contribution < 1.29 is 37.4 Å². The van der Waals surface area contributed by atoms with Crippen molar-refractivity contribution in [2.45, 2.75) is 135 Å². The molecule has 282 valence electrons. The van der Waals surface area contributed by atoms with E-state index in [0.717, 1.165) is 11.1 Å². The van der Waals surface area contributed by atoms with Crippen LogP contribution < -0.4 is 0 Å². The van der Waals surface area contributed by atoms with Gasteiger partial charge >= 0.3 is 5.97 Å². The van der Waals surface area contributed by atoms with Gasteiger partial charge in [0.1, 0.15) is 24.9 Å². The third-order valence-electron chi connectivity index (χ3n) is 10.5. The Morgan fingerprint density at radius 1 is 0.863 bits per heavy atom. The SMILES string of the molecule is C=C[C@@H](OCc1ccccc1)[C@@H](OCc1ccccc1)[C@H](O[Si](C)(C)C(C)(C)C)[C@@H](C)[C@@H]1OC(CO[Si](C)(C)C(C)(C)C)(OC(C)=O)C=CC1=O. The van der Waals surface area contributed by atoms with Crippen molar-refractivity contribution in [1.29, 1.82) is 0 Å². The molecule has 1 aliphatic rings. The van der Waals surface area contributed by atoms with Gasteiger partial charge in [-0.05, 0) is 59.5 Å². The summed E-state index contributed by atoms with van der Waals surface area (Å²) in [4.78, 5) is 26.4.